The van der Waals surface area contributed by atoms with Crippen LogP contribution < -0.4 is 10.1 Å². The highest BCUT2D eigenvalue weighted by Crippen LogP contribution is 2.28. The van der Waals surface area contributed by atoms with Gasteiger partial charge in [-0.15, -0.1) is 11.3 Å². The number of halogens is 1. The highest BCUT2D eigenvalue weighted by molar-refractivity contribution is 7.13. The van der Waals surface area contributed by atoms with Crippen molar-refractivity contribution in [3.05, 3.63) is 58.7 Å². The van der Waals surface area contributed by atoms with E-state index in [-0.39, 0.29) is 5.91 Å². The first-order valence-corrected chi connectivity index (χ1v) is 7.95. The number of carbonyl (C=O) groups is 1. The maximum Gasteiger partial charge on any atom is 0.275 e. The minimum Gasteiger partial charge on any atom is -0.495 e. The third-order valence-corrected chi connectivity index (χ3v) is 4.13. The lowest BCUT2D eigenvalue weighted by atomic mass is 10.3. The zero-order chi connectivity index (χ0) is 16.2. The summed E-state index contributed by atoms with van der Waals surface area (Å²) in [6.45, 7) is 0. The van der Waals surface area contributed by atoms with E-state index in [1.165, 1.54) is 18.4 Å². The Hall–Kier alpha value is -2.44. The fourth-order valence-corrected chi connectivity index (χ4v) is 2.90. The van der Waals surface area contributed by atoms with Crippen LogP contribution in [0.4, 0.5) is 5.69 Å². The van der Waals surface area contributed by atoms with Gasteiger partial charge in [-0.05, 0) is 30.3 Å². The van der Waals surface area contributed by atoms with E-state index in [2.05, 4.69) is 15.3 Å². The molecule has 23 heavy (non-hydrogen) atoms. The molecule has 0 aliphatic rings. The van der Waals surface area contributed by atoms with Crippen molar-refractivity contribution in [1.82, 2.24) is 9.97 Å². The first-order chi connectivity index (χ1) is 11.2. The highest BCUT2D eigenvalue weighted by atomic mass is 35.5. The van der Waals surface area contributed by atoms with Crippen LogP contribution in [-0.2, 0) is 0 Å². The van der Waals surface area contributed by atoms with Gasteiger partial charge in [0, 0.05) is 16.6 Å². The number of aromatic nitrogens is 2. The van der Waals surface area contributed by atoms with Crippen molar-refractivity contribution in [3.8, 4) is 16.5 Å². The summed E-state index contributed by atoms with van der Waals surface area (Å²) in [6.07, 6.45) is 1.69. The molecule has 0 atom stereocenters. The molecule has 0 saturated heterocycles. The molecule has 0 aliphatic heterocycles. The van der Waals surface area contributed by atoms with E-state index in [1.54, 1.807) is 29.8 Å². The van der Waals surface area contributed by atoms with Crippen LogP contribution in [0.15, 0.2) is 48.0 Å². The molecule has 7 heteroatoms. The van der Waals surface area contributed by atoms with Crippen LogP contribution in [0.25, 0.3) is 10.7 Å². The average molecular weight is 346 g/mol. The smallest absolute Gasteiger partial charge is 0.275 e. The summed E-state index contributed by atoms with van der Waals surface area (Å²) < 4.78 is 5.21. The number of benzene rings is 1. The second-order valence-corrected chi connectivity index (χ2v) is 5.85. The first kappa shape index (κ1) is 15.5. The molecule has 0 aliphatic carbocycles. The number of hydrogen-bond acceptors (Lipinski definition) is 5. The number of nitrogens with zero attached hydrogens (tertiary/aromatic N) is 2. The SMILES string of the molecule is COc1ccc(Cl)cc1NC(=O)c1csc(-c2ccccn2)n1. The van der Waals surface area contributed by atoms with Crippen LogP contribution in [0.5, 0.6) is 5.75 Å². The normalized spacial score (nSPS) is 10.3. The molecule has 0 saturated carbocycles. The lowest BCUT2D eigenvalue weighted by Gasteiger charge is -2.09. The van der Waals surface area contributed by atoms with Crippen LogP contribution in [0.3, 0.4) is 0 Å². The third-order valence-electron chi connectivity index (χ3n) is 3.03. The van der Waals surface area contributed by atoms with Gasteiger partial charge in [0.25, 0.3) is 5.91 Å². The molecule has 0 unspecified atom stereocenters. The number of amides is 1. The van der Waals surface area contributed by atoms with Gasteiger partial charge in [0.15, 0.2) is 0 Å². The number of nitrogens with one attached hydrogen (secondary N) is 1. The van der Waals surface area contributed by atoms with Crippen molar-refractivity contribution in [2.24, 2.45) is 0 Å². The maximum atomic E-state index is 12.4. The highest BCUT2D eigenvalue weighted by Gasteiger charge is 2.14. The van der Waals surface area contributed by atoms with Crippen LogP contribution in [0, 0.1) is 0 Å². The second kappa shape index (κ2) is 6.76. The largest absolute Gasteiger partial charge is 0.495 e. The van der Waals surface area contributed by atoms with Crippen molar-refractivity contribution in [1.29, 1.82) is 0 Å². The standard InChI is InChI=1S/C16H12ClN3O2S/c1-22-14-6-5-10(17)8-12(14)19-15(21)13-9-23-16(20-13)11-4-2-3-7-18-11/h2-9H,1H3,(H,19,21). The van der Waals surface area contributed by atoms with Crippen LogP contribution in [0.1, 0.15) is 10.5 Å². The van der Waals surface area contributed by atoms with Gasteiger partial charge in [0.05, 0.1) is 18.5 Å². The molecule has 5 nitrogen and oxygen atoms in total. The van der Waals surface area contributed by atoms with E-state index >= 15 is 0 Å². The topological polar surface area (TPSA) is 64.1 Å². The van der Waals surface area contributed by atoms with E-state index in [4.69, 9.17) is 16.3 Å². The molecule has 1 aromatic carbocycles. The number of anilines is 1. The number of ether oxygens (including phenoxy) is 1. The summed E-state index contributed by atoms with van der Waals surface area (Å²) in [5, 5.41) is 5.65. The summed E-state index contributed by atoms with van der Waals surface area (Å²) in [5.41, 5.74) is 1.55. The minimum absolute atomic E-state index is 0.317. The Morgan fingerprint density at radius 2 is 2.17 bits per heavy atom. The molecule has 116 valence electrons. The molecule has 1 N–H and O–H groups in total. The molecular weight excluding hydrogens is 334 g/mol. The van der Waals surface area contributed by atoms with Crippen LogP contribution >= 0.6 is 22.9 Å². The van der Waals surface area contributed by atoms with Crippen molar-refractivity contribution >= 4 is 34.5 Å². The predicted octanol–water partition coefficient (Wildman–Crippen LogP) is 4.12. The van der Waals surface area contributed by atoms with Crippen molar-refractivity contribution < 1.29 is 9.53 Å². The Kier molecular flexibility index (Phi) is 4.55. The first-order valence-electron chi connectivity index (χ1n) is 6.69. The third kappa shape index (κ3) is 3.49. The Bertz CT molecular complexity index is 836. The molecule has 2 aromatic heterocycles. The Balaban J connectivity index is 1.82. The van der Waals surface area contributed by atoms with Gasteiger partial charge in [-0.2, -0.15) is 0 Å². The predicted molar refractivity (Wildman–Crippen MR) is 91.3 cm³/mol. The summed E-state index contributed by atoms with van der Waals surface area (Å²) >= 11 is 7.32. The number of hydrogen-bond donors (Lipinski definition) is 1. The van der Waals surface area contributed by atoms with Gasteiger partial charge < -0.3 is 10.1 Å². The molecule has 0 bridgehead atoms. The van der Waals surface area contributed by atoms with E-state index in [1.807, 2.05) is 18.2 Å². The summed E-state index contributed by atoms with van der Waals surface area (Å²) in [5.74, 6) is 0.201. The number of pyridine rings is 1. The van der Waals surface area contributed by atoms with Crippen molar-refractivity contribution in [2.45, 2.75) is 0 Å². The Morgan fingerprint density at radius 1 is 1.30 bits per heavy atom. The lowest BCUT2D eigenvalue weighted by Crippen LogP contribution is -2.13. The molecule has 0 radical (unpaired) electrons. The molecule has 0 spiro atoms. The zero-order valence-electron chi connectivity index (χ0n) is 12.1. The minimum atomic E-state index is -0.330. The fourth-order valence-electron chi connectivity index (χ4n) is 1.95. The molecule has 0 fully saturated rings. The van der Waals surface area contributed by atoms with Gasteiger partial charge in [-0.1, -0.05) is 17.7 Å². The number of thiazole rings is 1. The van der Waals surface area contributed by atoms with Gasteiger partial charge in [0.2, 0.25) is 0 Å². The van der Waals surface area contributed by atoms with E-state index in [0.29, 0.717) is 27.2 Å². The monoisotopic (exact) mass is 345 g/mol. The summed E-state index contributed by atoms with van der Waals surface area (Å²) in [6, 6.07) is 10.6. The number of carbonyl (C=O) groups excluding carboxylic acids is 1. The molecule has 3 aromatic rings. The van der Waals surface area contributed by atoms with Gasteiger partial charge in [0.1, 0.15) is 16.5 Å². The maximum absolute atomic E-state index is 12.4. The second-order valence-electron chi connectivity index (χ2n) is 4.55. The fraction of sp³-hybridized carbons (Fsp3) is 0.0625. The summed E-state index contributed by atoms with van der Waals surface area (Å²) in [4.78, 5) is 20.9. The summed E-state index contributed by atoms with van der Waals surface area (Å²) in [7, 11) is 1.53. The van der Waals surface area contributed by atoms with Gasteiger partial charge >= 0.3 is 0 Å². The van der Waals surface area contributed by atoms with Crippen molar-refractivity contribution in [2.75, 3.05) is 12.4 Å². The van der Waals surface area contributed by atoms with Gasteiger partial charge in [-0.25, -0.2) is 4.98 Å². The Morgan fingerprint density at radius 3 is 2.91 bits per heavy atom. The van der Waals surface area contributed by atoms with Crippen molar-refractivity contribution in [3.63, 3.8) is 0 Å². The molecule has 2 heterocycles. The van der Waals surface area contributed by atoms with E-state index < -0.39 is 0 Å². The zero-order valence-corrected chi connectivity index (χ0v) is 13.7. The molecule has 1 amide bonds. The average Bonchev–Trinajstić information content (AvgIpc) is 3.06. The van der Waals surface area contributed by atoms with Crippen LogP contribution in [-0.4, -0.2) is 23.0 Å². The van der Waals surface area contributed by atoms with Gasteiger partial charge in [-0.3, -0.25) is 9.78 Å². The molecular formula is C16H12ClN3O2S. The van der Waals surface area contributed by atoms with Crippen LogP contribution in [0.2, 0.25) is 5.02 Å². The molecule has 3 rings (SSSR count). The quantitative estimate of drug-likeness (QED) is 0.772. The lowest BCUT2D eigenvalue weighted by molar-refractivity contribution is 0.102. The number of rotatable bonds is 4. The van der Waals surface area contributed by atoms with E-state index in [9.17, 15) is 4.79 Å². The Labute approximate surface area is 141 Å². The van der Waals surface area contributed by atoms with E-state index in [0.717, 1.165) is 5.69 Å². The number of methoxy groups -OCH3 is 1.